The minimum atomic E-state index is -4.50. The van der Waals surface area contributed by atoms with E-state index in [1.165, 1.54) is 45.8 Å². The van der Waals surface area contributed by atoms with Crippen molar-refractivity contribution in [2.45, 2.75) is 18.0 Å². The predicted octanol–water partition coefficient (Wildman–Crippen LogP) is 5.74. The summed E-state index contributed by atoms with van der Waals surface area (Å²) < 4.78 is 52.2. The van der Waals surface area contributed by atoms with Crippen LogP contribution in [0.5, 0.6) is 0 Å². The van der Waals surface area contributed by atoms with Gasteiger partial charge in [0.25, 0.3) is 0 Å². The van der Waals surface area contributed by atoms with E-state index in [1.807, 2.05) is 0 Å². The maximum Gasteiger partial charge on any atom is 0.416 e. The smallest absolute Gasteiger partial charge is 0.322 e. The van der Waals surface area contributed by atoms with Crippen molar-refractivity contribution in [1.29, 1.82) is 0 Å². The summed E-state index contributed by atoms with van der Waals surface area (Å²) in [4.78, 5) is 16.9. The number of anilines is 1. The van der Waals surface area contributed by atoms with Gasteiger partial charge in [0.2, 0.25) is 0 Å². The lowest BCUT2D eigenvalue weighted by molar-refractivity contribution is -0.137. The summed E-state index contributed by atoms with van der Waals surface area (Å²) in [6, 6.07) is 10.2. The molecular formula is C19H16F4N2OS. The summed E-state index contributed by atoms with van der Waals surface area (Å²) in [6.45, 7) is 2.01. The number of likely N-dealkylation sites (N-methyl/N-ethyl adjacent to an activating group) is 1. The van der Waals surface area contributed by atoms with Crippen LogP contribution in [0.1, 0.15) is 12.5 Å². The number of rotatable bonds is 3. The quantitative estimate of drug-likeness (QED) is 0.618. The number of allylic oxidation sites excluding steroid dienone is 1. The molecule has 1 heterocycles. The third kappa shape index (κ3) is 4.10. The van der Waals surface area contributed by atoms with Crippen molar-refractivity contribution in [2.75, 3.05) is 18.5 Å². The number of benzene rings is 2. The van der Waals surface area contributed by atoms with Crippen LogP contribution in [0, 0.1) is 5.82 Å². The lowest BCUT2D eigenvalue weighted by atomic mass is 10.1. The van der Waals surface area contributed by atoms with E-state index in [2.05, 4.69) is 0 Å². The van der Waals surface area contributed by atoms with Gasteiger partial charge in [-0.1, -0.05) is 17.8 Å². The van der Waals surface area contributed by atoms with Gasteiger partial charge in [-0.2, -0.15) is 13.2 Å². The van der Waals surface area contributed by atoms with E-state index in [0.29, 0.717) is 12.2 Å². The zero-order valence-corrected chi connectivity index (χ0v) is 15.4. The summed E-state index contributed by atoms with van der Waals surface area (Å²) >= 11 is 1.35. The van der Waals surface area contributed by atoms with Crippen molar-refractivity contribution in [2.24, 2.45) is 0 Å². The van der Waals surface area contributed by atoms with Crippen LogP contribution in [0.4, 0.5) is 28.0 Å². The molecule has 0 aromatic heterocycles. The molecule has 3 rings (SSSR count). The molecule has 2 aromatic carbocycles. The molecule has 0 bridgehead atoms. The Balaban J connectivity index is 2.00. The summed E-state index contributed by atoms with van der Waals surface area (Å²) in [7, 11) is 1.58. The highest BCUT2D eigenvalue weighted by Gasteiger charge is 2.34. The third-order valence-electron chi connectivity index (χ3n) is 4.12. The molecule has 0 unspecified atom stereocenters. The zero-order valence-electron chi connectivity index (χ0n) is 14.5. The molecular weight excluding hydrogens is 380 g/mol. The molecule has 0 N–H and O–H groups in total. The average Bonchev–Trinajstić information content (AvgIpc) is 2.61. The van der Waals surface area contributed by atoms with E-state index in [-0.39, 0.29) is 11.5 Å². The number of thioether (sulfide) groups is 1. The fourth-order valence-electron chi connectivity index (χ4n) is 2.71. The first kappa shape index (κ1) is 19.3. The van der Waals surface area contributed by atoms with Gasteiger partial charge in [-0.15, -0.1) is 0 Å². The highest BCUT2D eigenvalue weighted by atomic mass is 32.2. The maximum atomic E-state index is 13.1. The van der Waals surface area contributed by atoms with E-state index < -0.39 is 17.8 Å². The molecule has 0 radical (unpaired) electrons. The molecule has 1 aliphatic heterocycles. The van der Waals surface area contributed by atoms with Crippen molar-refractivity contribution < 1.29 is 22.4 Å². The van der Waals surface area contributed by atoms with Crippen molar-refractivity contribution in [3.8, 4) is 0 Å². The SMILES string of the molecule is CC1=C(Sc2ccc(F)cc2)CN(C)C(=O)N1c1cccc(C(F)(F)F)c1. The first-order chi connectivity index (χ1) is 12.7. The first-order valence-electron chi connectivity index (χ1n) is 8.02. The van der Waals surface area contributed by atoms with E-state index in [9.17, 15) is 22.4 Å². The van der Waals surface area contributed by atoms with Crippen molar-refractivity contribution in [1.82, 2.24) is 4.90 Å². The summed E-state index contributed by atoms with van der Waals surface area (Å²) in [5.74, 6) is -0.355. The molecule has 0 saturated carbocycles. The van der Waals surface area contributed by atoms with Gasteiger partial charge in [-0.25, -0.2) is 9.18 Å². The first-order valence-corrected chi connectivity index (χ1v) is 8.84. The molecule has 0 spiro atoms. The Morgan fingerprint density at radius 3 is 2.37 bits per heavy atom. The molecule has 2 aromatic rings. The van der Waals surface area contributed by atoms with Crippen molar-refractivity contribution >= 4 is 23.5 Å². The van der Waals surface area contributed by atoms with Crippen LogP contribution in [0.3, 0.4) is 0 Å². The molecule has 0 aliphatic carbocycles. The standard InChI is InChI=1S/C19H16F4N2OS/c1-12-17(27-16-8-6-14(20)7-9-16)11-24(2)18(26)25(12)15-5-3-4-13(10-15)19(21,22)23/h3-10H,11H2,1-2H3. The molecule has 0 saturated heterocycles. The lowest BCUT2D eigenvalue weighted by Crippen LogP contribution is -2.45. The van der Waals surface area contributed by atoms with Gasteiger partial charge >= 0.3 is 12.2 Å². The predicted molar refractivity (Wildman–Crippen MR) is 96.9 cm³/mol. The number of urea groups is 1. The Kier molecular flexibility index (Phi) is 5.19. The molecule has 3 nitrogen and oxygen atoms in total. The van der Waals surface area contributed by atoms with Gasteiger partial charge < -0.3 is 4.90 Å². The van der Waals surface area contributed by atoms with Crippen molar-refractivity contribution in [3.05, 3.63) is 70.5 Å². The van der Waals surface area contributed by atoms with Gasteiger partial charge in [0.1, 0.15) is 5.82 Å². The monoisotopic (exact) mass is 396 g/mol. The number of carbonyl (C=O) groups excluding carboxylic acids is 1. The molecule has 0 fully saturated rings. The number of hydrogen-bond donors (Lipinski definition) is 0. The van der Waals surface area contributed by atoms with Crippen LogP contribution in [-0.4, -0.2) is 24.5 Å². The molecule has 142 valence electrons. The highest BCUT2D eigenvalue weighted by molar-refractivity contribution is 8.03. The maximum absolute atomic E-state index is 13.1. The fraction of sp³-hybridized carbons (Fsp3) is 0.211. The number of nitrogens with zero attached hydrogens (tertiary/aromatic N) is 2. The number of amides is 2. The number of hydrogen-bond acceptors (Lipinski definition) is 2. The Hall–Kier alpha value is -2.48. The number of carbonyl (C=O) groups is 1. The van der Waals surface area contributed by atoms with Gasteiger partial charge in [0.15, 0.2) is 0 Å². The number of halogens is 4. The Morgan fingerprint density at radius 2 is 1.74 bits per heavy atom. The average molecular weight is 396 g/mol. The van der Waals surface area contributed by atoms with E-state index in [4.69, 9.17) is 0 Å². The highest BCUT2D eigenvalue weighted by Crippen LogP contribution is 2.38. The second-order valence-corrected chi connectivity index (χ2v) is 7.26. The summed E-state index contributed by atoms with van der Waals surface area (Å²) in [5, 5.41) is 0. The molecule has 0 atom stereocenters. The lowest BCUT2D eigenvalue weighted by Gasteiger charge is -2.36. The Bertz CT molecular complexity index is 893. The van der Waals surface area contributed by atoms with Crippen molar-refractivity contribution in [3.63, 3.8) is 0 Å². The molecule has 8 heteroatoms. The summed E-state index contributed by atoms with van der Waals surface area (Å²) in [5.41, 5.74) is -0.121. The van der Waals surface area contributed by atoms with Crippen LogP contribution in [0.15, 0.2) is 64.0 Å². The van der Waals surface area contributed by atoms with Crippen LogP contribution >= 0.6 is 11.8 Å². The summed E-state index contributed by atoms with van der Waals surface area (Å²) in [6.07, 6.45) is -4.50. The molecule has 2 amide bonds. The van der Waals surface area contributed by atoms with Gasteiger partial charge in [-0.3, -0.25) is 4.90 Å². The van der Waals surface area contributed by atoms with E-state index in [1.54, 1.807) is 26.1 Å². The largest absolute Gasteiger partial charge is 0.416 e. The Labute approximate surface area is 158 Å². The van der Waals surface area contributed by atoms with Crippen LogP contribution in [-0.2, 0) is 6.18 Å². The van der Waals surface area contributed by atoms with Crippen LogP contribution < -0.4 is 4.90 Å². The minimum absolute atomic E-state index is 0.149. The van der Waals surface area contributed by atoms with E-state index >= 15 is 0 Å². The normalized spacial score (nSPS) is 15.6. The minimum Gasteiger partial charge on any atom is -0.322 e. The zero-order chi connectivity index (χ0) is 19.8. The van der Waals surface area contributed by atoms with Crippen LogP contribution in [0.25, 0.3) is 0 Å². The van der Waals surface area contributed by atoms with Gasteiger partial charge in [0.05, 0.1) is 17.8 Å². The Morgan fingerprint density at radius 1 is 1.07 bits per heavy atom. The van der Waals surface area contributed by atoms with Gasteiger partial charge in [-0.05, 0) is 49.4 Å². The van der Waals surface area contributed by atoms with E-state index in [0.717, 1.165) is 21.9 Å². The van der Waals surface area contributed by atoms with Crippen LogP contribution in [0.2, 0.25) is 0 Å². The number of alkyl halides is 3. The second kappa shape index (κ2) is 7.26. The third-order valence-corrected chi connectivity index (χ3v) is 5.30. The van der Waals surface area contributed by atoms with Gasteiger partial charge in [0, 0.05) is 22.5 Å². The second-order valence-electron chi connectivity index (χ2n) is 6.09. The molecule has 27 heavy (non-hydrogen) atoms. The fourth-order valence-corrected chi connectivity index (χ4v) is 3.77. The molecule has 1 aliphatic rings. The topological polar surface area (TPSA) is 23.6 Å².